The van der Waals surface area contributed by atoms with Gasteiger partial charge in [-0.15, -0.1) is 0 Å². The Labute approximate surface area is 182 Å². The lowest BCUT2D eigenvalue weighted by Gasteiger charge is -2.14. The third-order valence-electron chi connectivity index (χ3n) is 5.53. The second-order valence-corrected chi connectivity index (χ2v) is 7.50. The zero-order chi connectivity index (χ0) is 22.2. The van der Waals surface area contributed by atoms with Crippen molar-refractivity contribution < 1.29 is 18.6 Å². The number of pyridine rings is 1. The van der Waals surface area contributed by atoms with Gasteiger partial charge in [-0.1, -0.05) is 30.3 Å². The summed E-state index contributed by atoms with van der Waals surface area (Å²) in [5.41, 5.74) is 4.16. The molecule has 0 saturated heterocycles. The molecule has 3 aromatic carbocycles. The number of hydrogen-bond acceptors (Lipinski definition) is 4. The average Bonchev–Trinajstić information content (AvgIpc) is 2.95. The molecule has 0 amide bonds. The number of nitrogens with zero attached hydrogens (tertiary/aromatic N) is 2. The first-order chi connectivity index (χ1) is 15.5. The Bertz CT molecular complexity index is 1440. The maximum atomic E-state index is 13.5. The number of aliphatic hydroxyl groups is 1. The zero-order valence-corrected chi connectivity index (χ0v) is 16.7. The Hall–Kier alpha value is -4.08. The van der Waals surface area contributed by atoms with Crippen LogP contribution < -0.4 is 4.74 Å². The summed E-state index contributed by atoms with van der Waals surface area (Å²) in [6.07, 6.45) is 2.65. The molecule has 0 aliphatic carbocycles. The molecule has 0 fully saturated rings. The Balaban J connectivity index is 1.48. The molecule has 0 bridgehead atoms. The van der Waals surface area contributed by atoms with Gasteiger partial charge in [0, 0.05) is 22.6 Å². The quantitative estimate of drug-likeness (QED) is 0.458. The molecular formula is C26H16F2N2O2. The summed E-state index contributed by atoms with van der Waals surface area (Å²) in [6, 6.07) is 18.4. The van der Waals surface area contributed by atoms with Crippen LogP contribution in [-0.2, 0) is 6.61 Å². The van der Waals surface area contributed by atoms with Crippen LogP contribution in [0, 0.1) is 23.0 Å². The SMILES string of the molecule is N#Cc1cccc2c1COc1ccc(C=Cc3ccc4cc(F)c(F)cc4n3)cc1C2O. The molecule has 1 aliphatic rings. The Kier molecular flexibility index (Phi) is 4.89. The Morgan fingerprint density at radius 2 is 1.84 bits per heavy atom. The van der Waals surface area contributed by atoms with Gasteiger partial charge < -0.3 is 9.84 Å². The first-order valence-corrected chi connectivity index (χ1v) is 9.94. The summed E-state index contributed by atoms with van der Waals surface area (Å²) in [7, 11) is 0. The van der Waals surface area contributed by atoms with Crippen LogP contribution in [0.3, 0.4) is 0 Å². The molecule has 4 nitrogen and oxygen atoms in total. The van der Waals surface area contributed by atoms with Crippen molar-refractivity contribution in [2.24, 2.45) is 0 Å². The summed E-state index contributed by atoms with van der Waals surface area (Å²) >= 11 is 0. The molecule has 1 aliphatic heterocycles. The molecule has 0 radical (unpaired) electrons. The van der Waals surface area contributed by atoms with Crippen LogP contribution in [-0.4, -0.2) is 10.1 Å². The smallest absolute Gasteiger partial charge is 0.161 e. The fourth-order valence-electron chi connectivity index (χ4n) is 3.87. The van der Waals surface area contributed by atoms with E-state index in [-0.39, 0.29) is 6.61 Å². The van der Waals surface area contributed by atoms with Crippen LogP contribution in [0.1, 0.15) is 39.6 Å². The lowest BCUT2D eigenvalue weighted by Crippen LogP contribution is -2.03. The maximum absolute atomic E-state index is 13.5. The van der Waals surface area contributed by atoms with E-state index in [9.17, 15) is 19.1 Å². The van der Waals surface area contributed by atoms with Crippen molar-refractivity contribution in [3.8, 4) is 11.8 Å². The van der Waals surface area contributed by atoms with E-state index >= 15 is 0 Å². The number of nitriles is 1. The van der Waals surface area contributed by atoms with Crippen molar-refractivity contribution in [1.82, 2.24) is 4.98 Å². The van der Waals surface area contributed by atoms with Crippen molar-refractivity contribution in [3.63, 3.8) is 0 Å². The van der Waals surface area contributed by atoms with Crippen molar-refractivity contribution in [2.75, 3.05) is 0 Å². The number of rotatable bonds is 2. The highest BCUT2D eigenvalue weighted by atomic mass is 19.2. The molecule has 1 N–H and O–H groups in total. The molecule has 156 valence electrons. The van der Waals surface area contributed by atoms with E-state index in [1.807, 2.05) is 18.2 Å². The third kappa shape index (κ3) is 3.49. The third-order valence-corrected chi connectivity index (χ3v) is 5.53. The summed E-state index contributed by atoms with van der Waals surface area (Å²) in [6.45, 7) is 0.205. The second-order valence-electron chi connectivity index (χ2n) is 7.50. The minimum atomic E-state index is -0.939. The molecule has 0 saturated carbocycles. The number of hydrogen-bond donors (Lipinski definition) is 1. The van der Waals surface area contributed by atoms with E-state index in [4.69, 9.17) is 4.74 Å². The first kappa shape index (κ1) is 19.9. The van der Waals surface area contributed by atoms with E-state index in [0.717, 1.165) is 17.7 Å². The zero-order valence-electron chi connectivity index (χ0n) is 16.7. The van der Waals surface area contributed by atoms with E-state index in [1.165, 1.54) is 0 Å². The summed E-state index contributed by atoms with van der Waals surface area (Å²) < 4.78 is 32.8. The highest BCUT2D eigenvalue weighted by Gasteiger charge is 2.24. The molecule has 1 atom stereocenters. The van der Waals surface area contributed by atoms with Crippen LogP contribution in [0.2, 0.25) is 0 Å². The Morgan fingerprint density at radius 3 is 2.69 bits per heavy atom. The van der Waals surface area contributed by atoms with E-state index in [0.29, 0.717) is 44.6 Å². The summed E-state index contributed by atoms with van der Waals surface area (Å²) in [5.74, 6) is -1.29. The topological polar surface area (TPSA) is 66.1 Å². The second kappa shape index (κ2) is 7.88. The van der Waals surface area contributed by atoms with Crippen LogP contribution in [0.4, 0.5) is 8.78 Å². The first-order valence-electron chi connectivity index (χ1n) is 9.94. The van der Waals surface area contributed by atoms with Crippen LogP contribution in [0.15, 0.2) is 60.7 Å². The van der Waals surface area contributed by atoms with Gasteiger partial charge in [0.05, 0.1) is 22.8 Å². The van der Waals surface area contributed by atoms with Gasteiger partial charge >= 0.3 is 0 Å². The predicted octanol–water partition coefficient (Wildman–Crippen LogP) is 5.53. The fourth-order valence-corrected chi connectivity index (χ4v) is 3.87. The van der Waals surface area contributed by atoms with Crippen molar-refractivity contribution in [3.05, 3.63) is 106 Å². The monoisotopic (exact) mass is 426 g/mol. The number of ether oxygens (including phenoxy) is 1. The largest absolute Gasteiger partial charge is 0.488 e. The minimum absolute atomic E-state index is 0.205. The fraction of sp³-hybridized carbons (Fsp3) is 0.0769. The van der Waals surface area contributed by atoms with Gasteiger partial charge in [-0.3, -0.25) is 0 Å². The number of benzene rings is 3. The van der Waals surface area contributed by atoms with E-state index in [2.05, 4.69) is 11.1 Å². The number of aromatic nitrogens is 1. The maximum Gasteiger partial charge on any atom is 0.161 e. The summed E-state index contributed by atoms with van der Waals surface area (Å²) in [4.78, 5) is 4.36. The van der Waals surface area contributed by atoms with Gasteiger partial charge in [-0.05, 0) is 47.5 Å². The molecule has 4 aromatic rings. The molecule has 0 spiro atoms. The number of aliphatic hydroxyl groups excluding tert-OH is 1. The van der Waals surface area contributed by atoms with E-state index < -0.39 is 17.7 Å². The molecular weight excluding hydrogens is 410 g/mol. The van der Waals surface area contributed by atoms with Gasteiger partial charge in [-0.25, -0.2) is 13.8 Å². The van der Waals surface area contributed by atoms with Crippen molar-refractivity contribution in [2.45, 2.75) is 12.7 Å². The van der Waals surface area contributed by atoms with Crippen LogP contribution in [0.5, 0.6) is 5.75 Å². The lowest BCUT2D eigenvalue weighted by atomic mass is 9.94. The standard InChI is InChI=1S/C26H16F2N2O2/c27-22-11-16-6-8-18(30-24(16)12-23(22)28)7-4-15-5-9-25-20(10-15)26(31)19-3-1-2-17(13-29)21(19)14-32-25/h1-12,26,31H,14H2. The minimum Gasteiger partial charge on any atom is -0.488 e. The highest BCUT2D eigenvalue weighted by molar-refractivity contribution is 5.81. The number of halogens is 2. The van der Waals surface area contributed by atoms with Gasteiger partial charge in [0.1, 0.15) is 18.5 Å². The molecule has 1 unspecified atom stereocenters. The van der Waals surface area contributed by atoms with Gasteiger partial charge in [0.15, 0.2) is 11.6 Å². The summed E-state index contributed by atoms with van der Waals surface area (Å²) in [5, 5.41) is 20.9. The van der Waals surface area contributed by atoms with Gasteiger partial charge in [-0.2, -0.15) is 5.26 Å². The molecule has 5 rings (SSSR count). The molecule has 1 aromatic heterocycles. The van der Waals surface area contributed by atoms with Crippen molar-refractivity contribution in [1.29, 1.82) is 5.26 Å². The molecule has 32 heavy (non-hydrogen) atoms. The average molecular weight is 426 g/mol. The molecule has 6 heteroatoms. The van der Waals surface area contributed by atoms with Crippen molar-refractivity contribution >= 4 is 23.1 Å². The highest BCUT2D eigenvalue weighted by Crippen LogP contribution is 2.37. The number of fused-ring (bicyclic) bond motifs is 3. The van der Waals surface area contributed by atoms with Gasteiger partial charge in [0.2, 0.25) is 0 Å². The van der Waals surface area contributed by atoms with Crippen LogP contribution >= 0.6 is 0 Å². The van der Waals surface area contributed by atoms with E-state index in [1.54, 1.807) is 42.5 Å². The Morgan fingerprint density at radius 1 is 1.00 bits per heavy atom. The van der Waals surface area contributed by atoms with Gasteiger partial charge in [0.25, 0.3) is 0 Å². The predicted molar refractivity (Wildman–Crippen MR) is 117 cm³/mol. The van der Waals surface area contributed by atoms with Crippen LogP contribution in [0.25, 0.3) is 23.1 Å². The lowest BCUT2D eigenvalue weighted by molar-refractivity contribution is 0.218. The molecule has 2 heterocycles. The normalized spacial score (nSPS) is 15.0.